The molecule has 4 amide bonds. The molecule has 0 radical (unpaired) electrons. The van der Waals surface area contributed by atoms with Gasteiger partial charge in [0.1, 0.15) is 5.82 Å². The predicted molar refractivity (Wildman–Crippen MR) is 150 cm³/mol. The zero-order valence-corrected chi connectivity index (χ0v) is 22.6. The molecule has 0 saturated carbocycles. The molecule has 12 heteroatoms. The van der Waals surface area contributed by atoms with Crippen LogP contribution in [0.1, 0.15) is 39.1 Å². The minimum absolute atomic E-state index is 0.0500. The van der Waals surface area contributed by atoms with Crippen LogP contribution in [0.25, 0.3) is 0 Å². The van der Waals surface area contributed by atoms with E-state index < -0.39 is 29.5 Å². The molecule has 220 valence electrons. The Morgan fingerprint density at radius 1 is 0.714 bits per heavy atom. The Hall–Kier alpha value is -4.61. The molecule has 0 spiro atoms. The number of rotatable bonds is 5. The Morgan fingerprint density at radius 3 is 2.05 bits per heavy atom. The Kier molecular flexibility index (Phi) is 8.32. The molecule has 42 heavy (non-hydrogen) atoms. The summed E-state index contributed by atoms with van der Waals surface area (Å²) in [6.45, 7) is 2.60. The van der Waals surface area contributed by atoms with Gasteiger partial charge in [-0.1, -0.05) is 6.07 Å². The first-order valence-corrected chi connectivity index (χ1v) is 13.6. The molecular formula is C30H29F4N5O3. The Balaban J connectivity index is 1.29. The fourth-order valence-electron chi connectivity index (χ4n) is 5.08. The molecule has 2 aliphatic rings. The van der Waals surface area contributed by atoms with Crippen molar-refractivity contribution in [3.63, 3.8) is 0 Å². The summed E-state index contributed by atoms with van der Waals surface area (Å²) in [6.07, 6.45) is -2.71. The van der Waals surface area contributed by atoms with Gasteiger partial charge in [-0.25, -0.2) is 9.18 Å². The maximum Gasteiger partial charge on any atom is 0.416 e. The Morgan fingerprint density at radius 2 is 1.38 bits per heavy atom. The molecule has 8 nitrogen and oxygen atoms in total. The van der Waals surface area contributed by atoms with E-state index in [4.69, 9.17) is 0 Å². The van der Waals surface area contributed by atoms with Crippen LogP contribution in [0.3, 0.4) is 0 Å². The van der Waals surface area contributed by atoms with E-state index in [1.165, 1.54) is 41.3 Å². The number of hydrogen-bond donors (Lipinski definition) is 2. The molecule has 0 aliphatic carbocycles. The van der Waals surface area contributed by atoms with Crippen molar-refractivity contribution in [3.05, 3.63) is 89.2 Å². The predicted octanol–water partition coefficient (Wildman–Crippen LogP) is 5.69. The molecule has 2 N–H and O–H groups in total. The number of likely N-dealkylation sites (tertiary alicyclic amines) is 1. The van der Waals surface area contributed by atoms with Crippen molar-refractivity contribution in [2.24, 2.45) is 0 Å². The maximum atomic E-state index is 13.5. The molecule has 0 unspecified atom stereocenters. The average Bonchev–Trinajstić information content (AvgIpc) is 3.52. The first-order valence-electron chi connectivity index (χ1n) is 13.6. The van der Waals surface area contributed by atoms with Crippen molar-refractivity contribution in [2.45, 2.75) is 19.0 Å². The van der Waals surface area contributed by atoms with Gasteiger partial charge in [0.2, 0.25) is 0 Å². The van der Waals surface area contributed by atoms with Gasteiger partial charge in [-0.15, -0.1) is 0 Å². The van der Waals surface area contributed by atoms with Crippen LogP contribution in [-0.4, -0.2) is 66.9 Å². The lowest BCUT2D eigenvalue weighted by molar-refractivity contribution is -0.137. The van der Waals surface area contributed by atoms with E-state index in [0.717, 1.165) is 25.0 Å². The molecule has 2 heterocycles. The molecule has 5 rings (SSSR count). The zero-order valence-electron chi connectivity index (χ0n) is 22.6. The van der Waals surface area contributed by atoms with Crippen LogP contribution in [0.15, 0.2) is 66.7 Å². The van der Waals surface area contributed by atoms with Gasteiger partial charge in [0, 0.05) is 61.9 Å². The molecule has 3 aromatic carbocycles. The molecule has 2 saturated heterocycles. The third-order valence-corrected chi connectivity index (χ3v) is 7.33. The van der Waals surface area contributed by atoms with Crippen molar-refractivity contribution < 1.29 is 31.9 Å². The number of nitrogens with one attached hydrogen (secondary N) is 2. The number of nitrogens with zero attached hydrogens (tertiary/aromatic N) is 3. The van der Waals surface area contributed by atoms with E-state index in [-0.39, 0.29) is 30.2 Å². The number of alkyl halides is 3. The van der Waals surface area contributed by atoms with Crippen LogP contribution in [0.2, 0.25) is 0 Å². The monoisotopic (exact) mass is 583 g/mol. The highest BCUT2D eigenvalue weighted by atomic mass is 19.4. The minimum atomic E-state index is -4.52. The zero-order chi connectivity index (χ0) is 29.9. The topological polar surface area (TPSA) is 85.0 Å². The van der Waals surface area contributed by atoms with Crippen molar-refractivity contribution >= 4 is 34.9 Å². The van der Waals surface area contributed by atoms with Gasteiger partial charge in [-0.05, 0) is 73.5 Å². The molecule has 2 fully saturated rings. The van der Waals surface area contributed by atoms with E-state index >= 15 is 0 Å². The van der Waals surface area contributed by atoms with Crippen molar-refractivity contribution in [1.29, 1.82) is 0 Å². The summed E-state index contributed by atoms with van der Waals surface area (Å²) in [5.41, 5.74) is 0.953. The molecule has 0 aromatic heterocycles. The van der Waals surface area contributed by atoms with Crippen LogP contribution in [-0.2, 0) is 6.18 Å². The molecule has 0 atom stereocenters. The summed E-state index contributed by atoms with van der Waals surface area (Å²) in [5, 5.41) is 5.30. The smallest absolute Gasteiger partial charge is 0.367 e. The van der Waals surface area contributed by atoms with Gasteiger partial charge in [0.25, 0.3) is 11.8 Å². The Bertz CT molecular complexity index is 1460. The number of benzene rings is 3. The van der Waals surface area contributed by atoms with E-state index in [9.17, 15) is 31.9 Å². The third kappa shape index (κ3) is 6.64. The van der Waals surface area contributed by atoms with Crippen LogP contribution in [0.5, 0.6) is 0 Å². The number of hydrogen-bond acceptors (Lipinski definition) is 4. The first-order chi connectivity index (χ1) is 20.1. The lowest BCUT2D eigenvalue weighted by Crippen LogP contribution is -2.50. The lowest BCUT2D eigenvalue weighted by atomic mass is 10.1. The number of anilines is 3. The van der Waals surface area contributed by atoms with E-state index in [0.29, 0.717) is 43.1 Å². The summed E-state index contributed by atoms with van der Waals surface area (Å²) in [7, 11) is 0. The number of halogens is 4. The highest BCUT2D eigenvalue weighted by Gasteiger charge is 2.31. The summed E-state index contributed by atoms with van der Waals surface area (Å²) < 4.78 is 52.4. The van der Waals surface area contributed by atoms with Gasteiger partial charge < -0.3 is 25.3 Å². The van der Waals surface area contributed by atoms with Crippen LogP contribution in [0.4, 0.5) is 39.4 Å². The molecule has 0 bridgehead atoms. The largest absolute Gasteiger partial charge is 0.416 e. The summed E-state index contributed by atoms with van der Waals surface area (Å²) in [4.78, 5) is 44.3. The van der Waals surface area contributed by atoms with Gasteiger partial charge in [0.05, 0.1) is 11.1 Å². The Labute approximate surface area is 239 Å². The van der Waals surface area contributed by atoms with Gasteiger partial charge in [0.15, 0.2) is 0 Å². The van der Waals surface area contributed by atoms with Crippen molar-refractivity contribution in [2.75, 3.05) is 54.8 Å². The highest BCUT2D eigenvalue weighted by molar-refractivity contribution is 6.06. The second kappa shape index (κ2) is 12.1. The second-order valence-electron chi connectivity index (χ2n) is 10.2. The van der Waals surface area contributed by atoms with Crippen molar-refractivity contribution in [1.82, 2.24) is 9.80 Å². The first kappa shape index (κ1) is 28.9. The average molecular weight is 584 g/mol. The normalized spacial score (nSPS) is 15.5. The second-order valence-corrected chi connectivity index (χ2v) is 10.2. The quantitative estimate of drug-likeness (QED) is 0.378. The molecular weight excluding hydrogens is 554 g/mol. The fraction of sp³-hybridized carbons (Fsp3) is 0.300. The van der Waals surface area contributed by atoms with Crippen LogP contribution < -0.4 is 15.5 Å². The summed E-state index contributed by atoms with van der Waals surface area (Å²) >= 11 is 0. The van der Waals surface area contributed by atoms with Gasteiger partial charge >= 0.3 is 12.2 Å². The van der Waals surface area contributed by atoms with E-state index in [1.54, 1.807) is 23.1 Å². The number of carbonyl (C=O) groups is 3. The minimum Gasteiger partial charge on any atom is -0.367 e. The number of urea groups is 1. The summed E-state index contributed by atoms with van der Waals surface area (Å²) in [5.74, 6) is -1.06. The van der Waals surface area contributed by atoms with Crippen molar-refractivity contribution in [3.8, 4) is 0 Å². The molecule has 3 aromatic rings. The van der Waals surface area contributed by atoms with E-state index in [1.807, 2.05) is 4.90 Å². The number of amides is 4. The van der Waals surface area contributed by atoms with Crippen LogP contribution in [0, 0.1) is 5.82 Å². The standard InChI is InChI=1S/C30H29F4N5O3/c31-22-8-6-20(7-9-22)27(40)35-24-10-11-26(25(19-24)28(41)38-12-1-2-13-38)37-14-16-39(17-15-37)29(42)36-23-5-3-4-21(18-23)30(32,33)34/h3-11,18-19H,1-2,12-17H2,(H,35,40)(H,36,42). The fourth-order valence-corrected chi connectivity index (χ4v) is 5.08. The highest BCUT2D eigenvalue weighted by Crippen LogP contribution is 2.31. The maximum absolute atomic E-state index is 13.5. The lowest BCUT2D eigenvalue weighted by Gasteiger charge is -2.37. The third-order valence-electron chi connectivity index (χ3n) is 7.33. The SMILES string of the molecule is O=C(Nc1ccc(N2CCN(C(=O)Nc3cccc(C(F)(F)F)c3)CC2)c(C(=O)N2CCCC2)c1)c1ccc(F)cc1. The van der Waals surface area contributed by atoms with Gasteiger partial charge in [-0.2, -0.15) is 13.2 Å². The van der Waals surface area contributed by atoms with Gasteiger partial charge in [-0.3, -0.25) is 9.59 Å². The molecule has 2 aliphatic heterocycles. The number of carbonyl (C=O) groups excluding carboxylic acids is 3. The summed E-state index contributed by atoms with van der Waals surface area (Å²) in [6, 6.07) is 14.2. The number of piperazine rings is 1. The van der Waals surface area contributed by atoms with E-state index in [2.05, 4.69) is 10.6 Å². The van der Waals surface area contributed by atoms with Crippen LogP contribution >= 0.6 is 0 Å².